The smallest absolute Gasteiger partial charge is 0.275 e. The molecular weight excluding hydrogens is 447 g/mol. The number of hydrogen-bond acceptors (Lipinski definition) is 3. The zero-order chi connectivity index (χ0) is 15.6. The maximum Gasteiger partial charge on any atom is 0.275 e. The third-order valence-corrected chi connectivity index (χ3v) is 4.31. The molecule has 2 aromatic rings. The molecule has 1 heterocycles. The van der Waals surface area contributed by atoms with Crippen LogP contribution in [0.5, 0.6) is 5.75 Å². The van der Waals surface area contributed by atoms with E-state index in [2.05, 4.69) is 42.2 Å². The summed E-state index contributed by atoms with van der Waals surface area (Å²) in [4.78, 5) is 16.2. The molecule has 1 amide bonds. The summed E-state index contributed by atoms with van der Waals surface area (Å²) in [7, 11) is 1.54. The maximum atomic E-state index is 12.2. The summed E-state index contributed by atoms with van der Waals surface area (Å²) in [6, 6.07) is 6.47. The van der Waals surface area contributed by atoms with Gasteiger partial charge in [-0.1, -0.05) is 23.2 Å². The third-order valence-electron chi connectivity index (χ3n) is 2.52. The molecule has 110 valence electrons. The van der Waals surface area contributed by atoms with E-state index in [0.717, 1.165) is 4.47 Å². The summed E-state index contributed by atoms with van der Waals surface area (Å²) < 4.78 is 6.63. The molecule has 0 aliphatic carbocycles. The van der Waals surface area contributed by atoms with Crippen molar-refractivity contribution in [2.75, 3.05) is 12.4 Å². The SMILES string of the molecule is COc1cc(NC(=O)c2nc(Cl)ccc2Cl)c(Br)cc1Br. The minimum Gasteiger partial charge on any atom is -0.495 e. The molecular formula is C13H8Br2Cl2N2O2. The molecule has 0 radical (unpaired) electrons. The molecule has 0 unspecified atom stereocenters. The number of ether oxygens (including phenoxy) is 1. The van der Waals surface area contributed by atoms with Gasteiger partial charge in [0, 0.05) is 10.5 Å². The lowest BCUT2D eigenvalue weighted by molar-refractivity contribution is 0.102. The number of nitrogens with one attached hydrogen (secondary N) is 1. The van der Waals surface area contributed by atoms with E-state index in [1.54, 1.807) is 12.1 Å². The van der Waals surface area contributed by atoms with E-state index in [0.29, 0.717) is 15.9 Å². The molecule has 4 nitrogen and oxygen atoms in total. The molecule has 1 N–H and O–H groups in total. The Bertz CT molecular complexity index is 711. The van der Waals surface area contributed by atoms with E-state index in [-0.39, 0.29) is 15.9 Å². The summed E-state index contributed by atoms with van der Waals surface area (Å²) in [5.41, 5.74) is 0.579. The highest BCUT2D eigenvalue weighted by molar-refractivity contribution is 9.11. The summed E-state index contributed by atoms with van der Waals surface area (Å²) in [6.07, 6.45) is 0. The highest BCUT2D eigenvalue weighted by Crippen LogP contribution is 2.34. The molecule has 0 atom stereocenters. The predicted octanol–water partition coefficient (Wildman–Crippen LogP) is 5.17. The van der Waals surface area contributed by atoms with Crippen molar-refractivity contribution in [3.63, 3.8) is 0 Å². The van der Waals surface area contributed by atoms with Crippen molar-refractivity contribution in [3.8, 4) is 5.75 Å². The molecule has 1 aromatic carbocycles. The van der Waals surface area contributed by atoms with Gasteiger partial charge in [-0.3, -0.25) is 4.79 Å². The van der Waals surface area contributed by atoms with Crippen LogP contribution in [0.1, 0.15) is 10.5 Å². The number of carbonyl (C=O) groups excluding carboxylic acids is 1. The molecule has 0 bridgehead atoms. The molecule has 0 saturated heterocycles. The highest BCUT2D eigenvalue weighted by Gasteiger charge is 2.16. The van der Waals surface area contributed by atoms with E-state index in [1.165, 1.54) is 19.2 Å². The fraction of sp³-hybridized carbons (Fsp3) is 0.0769. The molecule has 1 aromatic heterocycles. The Hall–Kier alpha value is -0.820. The minimum atomic E-state index is -0.465. The number of anilines is 1. The predicted molar refractivity (Wildman–Crippen MR) is 90.6 cm³/mol. The van der Waals surface area contributed by atoms with E-state index >= 15 is 0 Å². The largest absolute Gasteiger partial charge is 0.495 e. The van der Waals surface area contributed by atoms with Crippen molar-refractivity contribution in [1.29, 1.82) is 0 Å². The van der Waals surface area contributed by atoms with Gasteiger partial charge in [-0.25, -0.2) is 4.98 Å². The van der Waals surface area contributed by atoms with Crippen LogP contribution in [0.2, 0.25) is 10.2 Å². The number of aromatic nitrogens is 1. The van der Waals surface area contributed by atoms with Crippen molar-refractivity contribution in [3.05, 3.63) is 49.1 Å². The number of benzene rings is 1. The number of amides is 1. The number of pyridine rings is 1. The lowest BCUT2D eigenvalue weighted by atomic mass is 10.2. The van der Waals surface area contributed by atoms with Crippen LogP contribution in [0, 0.1) is 0 Å². The van der Waals surface area contributed by atoms with Gasteiger partial charge >= 0.3 is 0 Å². The Labute approximate surface area is 148 Å². The Morgan fingerprint density at radius 1 is 1.24 bits per heavy atom. The highest BCUT2D eigenvalue weighted by atomic mass is 79.9. The number of halogens is 4. The Morgan fingerprint density at radius 2 is 1.95 bits per heavy atom. The van der Waals surface area contributed by atoms with Gasteiger partial charge in [-0.15, -0.1) is 0 Å². The first-order valence-electron chi connectivity index (χ1n) is 5.59. The van der Waals surface area contributed by atoms with Crippen LogP contribution in [-0.2, 0) is 0 Å². The van der Waals surface area contributed by atoms with Crippen LogP contribution in [0.4, 0.5) is 5.69 Å². The van der Waals surface area contributed by atoms with Crippen LogP contribution in [0.15, 0.2) is 33.2 Å². The van der Waals surface area contributed by atoms with Gasteiger partial charge in [0.15, 0.2) is 0 Å². The lowest BCUT2D eigenvalue weighted by Crippen LogP contribution is -2.15. The molecule has 0 aliphatic heterocycles. The van der Waals surface area contributed by atoms with Gasteiger partial charge in [0.25, 0.3) is 5.91 Å². The summed E-state index contributed by atoms with van der Waals surface area (Å²) in [5.74, 6) is 0.117. The molecule has 0 saturated carbocycles. The zero-order valence-corrected chi connectivity index (χ0v) is 15.3. The molecule has 0 aliphatic rings. The first kappa shape index (κ1) is 16.5. The van der Waals surface area contributed by atoms with Crippen molar-refractivity contribution >= 4 is 66.7 Å². The fourth-order valence-corrected chi connectivity index (χ4v) is 3.13. The van der Waals surface area contributed by atoms with E-state index < -0.39 is 5.91 Å². The van der Waals surface area contributed by atoms with Gasteiger partial charge in [-0.2, -0.15) is 0 Å². The first-order valence-corrected chi connectivity index (χ1v) is 7.93. The number of hydrogen-bond donors (Lipinski definition) is 1. The first-order chi connectivity index (χ1) is 9.92. The summed E-state index contributed by atoms with van der Waals surface area (Å²) >= 11 is 18.5. The second-order valence-corrected chi connectivity index (χ2v) is 6.39. The van der Waals surface area contributed by atoms with Crippen LogP contribution >= 0.6 is 55.1 Å². The van der Waals surface area contributed by atoms with Crippen molar-refractivity contribution in [1.82, 2.24) is 4.98 Å². The van der Waals surface area contributed by atoms with Gasteiger partial charge in [-0.05, 0) is 50.1 Å². The van der Waals surface area contributed by atoms with Crippen LogP contribution < -0.4 is 10.1 Å². The molecule has 0 spiro atoms. The molecule has 21 heavy (non-hydrogen) atoms. The quantitative estimate of drug-likeness (QED) is 0.650. The fourth-order valence-electron chi connectivity index (χ4n) is 1.54. The molecule has 8 heteroatoms. The average Bonchev–Trinajstić information content (AvgIpc) is 2.44. The second kappa shape index (κ2) is 6.96. The van der Waals surface area contributed by atoms with Crippen LogP contribution in [0.3, 0.4) is 0 Å². The number of nitrogens with zero attached hydrogens (tertiary/aromatic N) is 1. The van der Waals surface area contributed by atoms with Gasteiger partial charge in [0.05, 0.1) is 22.3 Å². The minimum absolute atomic E-state index is 0.0537. The van der Waals surface area contributed by atoms with Gasteiger partial charge in [0.2, 0.25) is 0 Å². The summed E-state index contributed by atoms with van der Waals surface area (Å²) in [6.45, 7) is 0. The number of methoxy groups -OCH3 is 1. The third kappa shape index (κ3) is 3.88. The maximum absolute atomic E-state index is 12.2. The van der Waals surface area contributed by atoms with Crippen molar-refractivity contribution in [2.24, 2.45) is 0 Å². The van der Waals surface area contributed by atoms with E-state index in [1.807, 2.05) is 0 Å². The zero-order valence-electron chi connectivity index (χ0n) is 10.6. The van der Waals surface area contributed by atoms with Crippen molar-refractivity contribution in [2.45, 2.75) is 0 Å². The van der Waals surface area contributed by atoms with Crippen molar-refractivity contribution < 1.29 is 9.53 Å². The van der Waals surface area contributed by atoms with E-state index in [4.69, 9.17) is 27.9 Å². The normalized spacial score (nSPS) is 10.3. The lowest BCUT2D eigenvalue weighted by Gasteiger charge is -2.11. The monoisotopic (exact) mass is 452 g/mol. The van der Waals surface area contributed by atoms with Gasteiger partial charge in [0.1, 0.15) is 16.6 Å². The number of rotatable bonds is 3. The van der Waals surface area contributed by atoms with Gasteiger partial charge < -0.3 is 10.1 Å². The van der Waals surface area contributed by atoms with Crippen LogP contribution in [0.25, 0.3) is 0 Å². The Kier molecular flexibility index (Phi) is 5.48. The Morgan fingerprint density at radius 3 is 2.62 bits per heavy atom. The summed E-state index contributed by atoms with van der Waals surface area (Å²) in [5, 5.41) is 3.12. The molecule has 0 fully saturated rings. The van der Waals surface area contributed by atoms with Crippen LogP contribution in [-0.4, -0.2) is 18.0 Å². The molecule has 2 rings (SSSR count). The topological polar surface area (TPSA) is 51.2 Å². The standard InChI is InChI=1S/C13H8Br2Cl2N2O2/c1-21-10-5-9(6(14)4-7(10)15)18-13(20)12-8(16)2-3-11(17)19-12/h2-5H,1H3,(H,18,20). The Balaban J connectivity index is 2.33. The average molecular weight is 455 g/mol. The number of carbonyl (C=O) groups is 1. The second-order valence-electron chi connectivity index (χ2n) is 3.89. The van der Waals surface area contributed by atoms with E-state index in [9.17, 15) is 4.79 Å².